The lowest BCUT2D eigenvalue weighted by molar-refractivity contribution is 0.00578. The summed E-state index contributed by atoms with van der Waals surface area (Å²) in [6.07, 6.45) is 3.16. The number of rotatable bonds is 10. The number of thiophene rings is 1. The molecule has 0 N–H and O–H groups in total. The SMILES string of the molecule is CCCCOCCOCCc1ccsc1B1OC(C)(C)C(C)(C)O1. The molecule has 1 aliphatic rings. The maximum atomic E-state index is 6.16. The second kappa shape index (κ2) is 8.81. The molecule has 1 aliphatic heterocycles. The molecule has 6 heteroatoms. The Hall–Kier alpha value is -0.395. The quantitative estimate of drug-likeness (QED) is 0.477. The lowest BCUT2D eigenvalue weighted by Gasteiger charge is -2.32. The molecule has 0 aromatic carbocycles. The predicted octanol–water partition coefficient (Wildman–Crippen LogP) is 3.42. The van der Waals surface area contributed by atoms with Gasteiger partial charge >= 0.3 is 7.12 Å². The van der Waals surface area contributed by atoms with Crippen molar-refractivity contribution < 1.29 is 18.8 Å². The highest BCUT2D eigenvalue weighted by Gasteiger charge is 2.52. The number of hydrogen-bond acceptors (Lipinski definition) is 5. The summed E-state index contributed by atoms with van der Waals surface area (Å²) in [5.74, 6) is 0. The maximum absolute atomic E-state index is 6.16. The first-order valence-electron chi connectivity index (χ1n) is 8.95. The van der Waals surface area contributed by atoms with Gasteiger partial charge in [-0.05, 0) is 57.5 Å². The summed E-state index contributed by atoms with van der Waals surface area (Å²) in [6.45, 7) is 13.4. The van der Waals surface area contributed by atoms with E-state index in [2.05, 4.69) is 46.1 Å². The van der Waals surface area contributed by atoms with Gasteiger partial charge in [-0.3, -0.25) is 0 Å². The van der Waals surface area contributed by atoms with Gasteiger partial charge < -0.3 is 18.8 Å². The first-order chi connectivity index (χ1) is 11.4. The molecule has 1 aromatic rings. The van der Waals surface area contributed by atoms with E-state index in [1.165, 1.54) is 12.0 Å². The lowest BCUT2D eigenvalue weighted by Crippen LogP contribution is -2.41. The van der Waals surface area contributed by atoms with Crippen LogP contribution in [0.4, 0.5) is 0 Å². The van der Waals surface area contributed by atoms with Gasteiger partial charge in [-0.2, -0.15) is 11.3 Å². The van der Waals surface area contributed by atoms with E-state index in [1.807, 2.05) is 0 Å². The van der Waals surface area contributed by atoms with Crippen LogP contribution in [-0.4, -0.2) is 44.7 Å². The Bertz CT molecular complexity index is 485. The van der Waals surface area contributed by atoms with Crippen molar-refractivity contribution in [3.8, 4) is 0 Å². The zero-order valence-corrected chi connectivity index (χ0v) is 16.5. The summed E-state index contributed by atoms with van der Waals surface area (Å²) in [6, 6.07) is 2.14. The highest BCUT2D eigenvalue weighted by atomic mass is 32.1. The number of hydrogen-bond donors (Lipinski definition) is 0. The second-order valence-electron chi connectivity index (χ2n) is 7.23. The third kappa shape index (κ3) is 5.05. The second-order valence-corrected chi connectivity index (χ2v) is 8.17. The molecule has 4 nitrogen and oxygen atoms in total. The zero-order valence-electron chi connectivity index (χ0n) is 15.7. The van der Waals surface area contributed by atoms with E-state index in [4.69, 9.17) is 18.8 Å². The first kappa shape index (κ1) is 19.9. The fraction of sp³-hybridized carbons (Fsp3) is 0.778. The minimum atomic E-state index is -0.300. The minimum Gasteiger partial charge on any atom is -0.399 e. The van der Waals surface area contributed by atoms with E-state index in [1.54, 1.807) is 11.3 Å². The van der Waals surface area contributed by atoms with E-state index in [9.17, 15) is 0 Å². The fourth-order valence-electron chi connectivity index (χ4n) is 2.46. The van der Waals surface area contributed by atoms with Crippen LogP contribution in [0.2, 0.25) is 0 Å². The molecule has 2 rings (SSSR count). The van der Waals surface area contributed by atoms with Crippen LogP contribution >= 0.6 is 11.3 Å². The number of unbranched alkanes of at least 4 members (excludes halogenated alkanes) is 1. The molecular formula is C18H31BO4S. The average Bonchev–Trinajstić information content (AvgIpc) is 3.04. The Labute approximate surface area is 151 Å². The van der Waals surface area contributed by atoms with E-state index in [0.29, 0.717) is 19.8 Å². The van der Waals surface area contributed by atoms with Crippen molar-refractivity contribution in [3.05, 3.63) is 17.0 Å². The first-order valence-corrected chi connectivity index (χ1v) is 9.83. The predicted molar refractivity (Wildman–Crippen MR) is 100 cm³/mol. The topological polar surface area (TPSA) is 36.9 Å². The van der Waals surface area contributed by atoms with E-state index < -0.39 is 0 Å². The normalized spacial score (nSPS) is 19.1. The standard InChI is InChI=1S/C18H31BO4S/c1-6-7-10-20-12-13-21-11-8-15-9-14-24-16(15)19-22-17(2,3)18(4,5)23-19/h9,14H,6-8,10-13H2,1-5H3. The fourth-order valence-corrected chi connectivity index (χ4v) is 3.37. The summed E-state index contributed by atoms with van der Waals surface area (Å²) in [5.41, 5.74) is 0.654. The van der Waals surface area contributed by atoms with Gasteiger partial charge in [-0.1, -0.05) is 13.3 Å². The molecule has 0 aliphatic carbocycles. The molecule has 1 aromatic heterocycles. The Morgan fingerprint density at radius 2 is 1.62 bits per heavy atom. The molecule has 2 heterocycles. The number of ether oxygens (including phenoxy) is 2. The molecule has 1 saturated heterocycles. The third-order valence-electron chi connectivity index (χ3n) is 4.78. The Balaban J connectivity index is 1.76. The van der Waals surface area contributed by atoms with E-state index >= 15 is 0 Å². The van der Waals surface area contributed by atoms with E-state index in [0.717, 1.165) is 24.2 Å². The van der Waals surface area contributed by atoms with Crippen LogP contribution in [0.1, 0.15) is 53.0 Å². The van der Waals surface area contributed by atoms with Crippen molar-refractivity contribution in [1.29, 1.82) is 0 Å². The largest absolute Gasteiger partial charge is 0.505 e. The van der Waals surface area contributed by atoms with Crippen molar-refractivity contribution in [2.75, 3.05) is 26.4 Å². The molecule has 0 unspecified atom stereocenters. The van der Waals surface area contributed by atoms with Gasteiger partial charge in [-0.25, -0.2) is 0 Å². The third-order valence-corrected chi connectivity index (χ3v) is 5.76. The summed E-state index contributed by atoms with van der Waals surface area (Å²) in [4.78, 5) is 0. The summed E-state index contributed by atoms with van der Waals surface area (Å²) in [5, 5.41) is 2.10. The Morgan fingerprint density at radius 3 is 2.25 bits per heavy atom. The van der Waals surface area contributed by atoms with Gasteiger partial charge in [0.15, 0.2) is 0 Å². The van der Waals surface area contributed by atoms with Crippen LogP contribution in [0.5, 0.6) is 0 Å². The van der Waals surface area contributed by atoms with Gasteiger partial charge in [0.25, 0.3) is 0 Å². The molecule has 24 heavy (non-hydrogen) atoms. The highest BCUT2D eigenvalue weighted by Crippen LogP contribution is 2.37. The van der Waals surface area contributed by atoms with Crippen LogP contribution in [0.3, 0.4) is 0 Å². The van der Waals surface area contributed by atoms with Gasteiger partial charge in [0.05, 0.1) is 31.0 Å². The molecule has 0 amide bonds. The van der Waals surface area contributed by atoms with Crippen LogP contribution < -0.4 is 4.78 Å². The molecule has 0 spiro atoms. The van der Waals surface area contributed by atoms with Gasteiger partial charge in [-0.15, -0.1) is 0 Å². The van der Waals surface area contributed by atoms with Crippen molar-refractivity contribution in [3.63, 3.8) is 0 Å². The van der Waals surface area contributed by atoms with Crippen molar-refractivity contribution in [2.45, 2.75) is 65.1 Å². The molecule has 136 valence electrons. The molecule has 0 atom stereocenters. The van der Waals surface area contributed by atoms with Crippen molar-refractivity contribution in [1.82, 2.24) is 0 Å². The monoisotopic (exact) mass is 354 g/mol. The molecule has 1 fully saturated rings. The van der Waals surface area contributed by atoms with Gasteiger partial charge in [0.2, 0.25) is 0 Å². The Kier molecular flexibility index (Phi) is 7.31. The van der Waals surface area contributed by atoms with Gasteiger partial charge in [0, 0.05) is 11.4 Å². The highest BCUT2D eigenvalue weighted by molar-refractivity contribution is 7.21. The summed E-state index contributed by atoms with van der Waals surface area (Å²) < 4.78 is 24.7. The average molecular weight is 354 g/mol. The van der Waals surface area contributed by atoms with Crippen LogP contribution in [0.15, 0.2) is 11.4 Å². The van der Waals surface area contributed by atoms with Crippen LogP contribution in [0, 0.1) is 0 Å². The van der Waals surface area contributed by atoms with Gasteiger partial charge in [0.1, 0.15) is 0 Å². The van der Waals surface area contributed by atoms with E-state index in [-0.39, 0.29) is 18.3 Å². The maximum Gasteiger partial charge on any atom is 0.505 e. The molecule has 0 bridgehead atoms. The summed E-state index contributed by atoms with van der Waals surface area (Å²) in [7, 11) is -0.276. The zero-order chi connectivity index (χ0) is 17.6. The van der Waals surface area contributed by atoms with Crippen molar-refractivity contribution >= 4 is 23.2 Å². The lowest BCUT2D eigenvalue weighted by atomic mass is 9.84. The smallest absolute Gasteiger partial charge is 0.399 e. The minimum absolute atomic E-state index is 0.276. The van der Waals surface area contributed by atoms with Crippen molar-refractivity contribution in [2.24, 2.45) is 0 Å². The Morgan fingerprint density at radius 1 is 1.00 bits per heavy atom. The molecular weight excluding hydrogens is 323 g/mol. The molecule has 0 radical (unpaired) electrons. The van der Waals surface area contributed by atoms with Crippen LogP contribution in [0.25, 0.3) is 0 Å². The van der Waals surface area contributed by atoms with Crippen LogP contribution in [-0.2, 0) is 25.2 Å². The molecule has 0 saturated carbocycles. The summed E-state index contributed by atoms with van der Waals surface area (Å²) >= 11 is 1.70.